The highest BCUT2D eigenvalue weighted by Gasteiger charge is 2.12. The van der Waals surface area contributed by atoms with Crippen molar-refractivity contribution in [3.05, 3.63) is 64.2 Å². The van der Waals surface area contributed by atoms with Gasteiger partial charge in [-0.1, -0.05) is 18.2 Å². The number of para-hydroxylation sites is 1. The Morgan fingerprint density at radius 3 is 2.62 bits per heavy atom. The average Bonchev–Trinajstić information content (AvgIpc) is 3.06. The van der Waals surface area contributed by atoms with Crippen LogP contribution in [0.3, 0.4) is 0 Å². The van der Waals surface area contributed by atoms with Gasteiger partial charge in [0.05, 0.1) is 12.1 Å². The lowest BCUT2D eigenvalue weighted by atomic mass is 10.1. The number of hydrogen-bond donors (Lipinski definition) is 4. The second-order valence-corrected chi connectivity index (χ2v) is 7.96. The molecule has 6 N–H and O–H groups in total. The first-order valence-electron chi connectivity index (χ1n) is 9.35. The predicted octanol–water partition coefficient (Wildman–Crippen LogP) is 4.71. The van der Waals surface area contributed by atoms with Gasteiger partial charge in [-0.2, -0.15) is 0 Å². The number of nitrogens with one attached hydrogen (secondary N) is 2. The first-order valence-corrected chi connectivity index (χ1v) is 10.4. The molecule has 4 aromatic rings. The van der Waals surface area contributed by atoms with Crippen LogP contribution in [0.15, 0.2) is 65.7 Å². The van der Waals surface area contributed by atoms with Gasteiger partial charge in [0.25, 0.3) is 0 Å². The summed E-state index contributed by atoms with van der Waals surface area (Å²) >= 11 is 2.34. The quantitative estimate of drug-likeness (QED) is 0.128. The molecule has 0 amide bonds. The molecule has 1 aromatic heterocycles. The second-order valence-electron chi connectivity index (χ2n) is 6.71. The number of guanidine groups is 1. The monoisotopic (exact) mass is 499 g/mol. The maximum absolute atomic E-state index is 6.12. The van der Waals surface area contributed by atoms with Gasteiger partial charge in [0.2, 0.25) is 0 Å². The van der Waals surface area contributed by atoms with Crippen LogP contribution in [0.1, 0.15) is 6.42 Å². The fourth-order valence-corrected chi connectivity index (χ4v) is 3.76. The summed E-state index contributed by atoms with van der Waals surface area (Å²) in [6.45, 7) is 1.06. The Hall–Kier alpha value is -2.94. The van der Waals surface area contributed by atoms with E-state index in [-0.39, 0.29) is 5.96 Å². The zero-order chi connectivity index (χ0) is 20.2. The molecule has 0 spiro atoms. The van der Waals surface area contributed by atoms with E-state index >= 15 is 0 Å². The van der Waals surface area contributed by atoms with Crippen LogP contribution in [-0.4, -0.2) is 24.1 Å². The fourth-order valence-electron chi connectivity index (χ4n) is 3.27. The molecule has 0 radical (unpaired) electrons. The molecule has 7 heteroatoms. The van der Waals surface area contributed by atoms with Gasteiger partial charge in [-0.3, -0.25) is 4.99 Å². The molecule has 1 heterocycles. The number of halogens is 1. The summed E-state index contributed by atoms with van der Waals surface area (Å²) < 4.78 is 7.31. The molecule has 0 saturated heterocycles. The smallest absolute Gasteiger partial charge is 0.185 e. The molecule has 0 aliphatic carbocycles. The van der Waals surface area contributed by atoms with Gasteiger partial charge >= 0.3 is 0 Å². The Morgan fingerprint density at radius 2 is 1.83 bits per heavy atom. The third-order valence-corrected chi connectivity index (χ3v) is 5.22. The highest BCUT2D eigenvalue weighted by molar-refractivity contribution is 14.1. The summed E-state index contributed by atoms with van der Waals surface area (Å²) in [7, 11) is 0. The van der Waals surface area contributed by atoms with Crippen LogP contribution in [0.5, 0.6) is 5.75 Å². The van der Waals surface area contributed by atoms with E-state index in [0.29, 0.717) is 13.2 Å². The van der Waals surface area contributed by atoms with Crippen LogP contribution in [0, 0.1) is 3.57 Å². The summed E-state index contributed by atoms with van der Waals surface area (Å²) in [5, 5.41) is 5.77. The largest absolute Gasteiger partial charge is 0.491 e. The number of benzene rings is 3. The van der Waals surface area contributed by atoms with E-state index in [9.17, 15) is 0 Å². The standard InChI is InChI=1S/C22H22IN5O/c23-14-7-8-19-17(11-14)18-12-16(27-15-5-2-1-3-6-15)13-20(21(18)28-19)29-10-4-9-26-22(24)25/h1-3,5-8,11-13,27-28H,4,9-10H2,(H4,24,25,26). The minimum absolute atomic E-state index is 0.103. The SMILES string of the molecule is NC(N)=NCCCOc1cc(Nc2ccccc2)cc2c1[nH]c1ccc(I)cc12. The zero-order valence-corrected chi connectivity index (χ0v) is 17.9. The van der Waals surface area contributed by atoms with E-state index in [1.54, 1.807) is 0 Å². The molecule has 29 heavy (non-hydrogen) atoms. The molecule has 0 fully saturated rings. The lowest BCUT2D eigenvalue weighted by Crippen LogP contribution is -2.23. The number of aromatic amines is 1. The average molecular weight is 499 g/mol. The normalized spacial score (nSPS) is 10.9. The summed E-state index contributed by atoms with van der Waals surface area (Å²) in [6.07, 6.45) is 0.730. The van der Waals surface area contributed by atoms with Crippen molar-refractivity contribution >= 4 is 61.7 Å². The Bertz CT molecular complexity index is 1170. The van der Waals surface area contributed by atoms with Gasteiger partial charge in [0, 0.05) is 50.3 Å². The summed E-state index contributed by atoms with van der Waals surface area (Å²) in [6, 6.07) is 20.7. The van der Waals surface area contributed by atoms with Crippen LogP contribution in [-0.2, 0) is 0 Å². The van der Waals surface area contributed by atoms with Crippen LogP contribution >= 0.6 is 22.6 Å². The van der Waals surface area contributed by atoms with Crippen molar-refractivity contribution in [1.29, 1.82) is 0 Å². The van der Waals surface area contributed by atoms with E-state index in [4.69, 9.17) is 16.2 Å². The van der Waals surface area contributed by atoms with Crippen molar-refractivity contribution in [1.82, 2.24) is 4.98 Å². The molecule has 148 valence electrons. The maximum atomic E-state index is 6.12. The Kier molecular flexibility index (Phi) is 5.75. The van der Waals surface area contributed by atoms with Crippen molar-refractivity contribution in [2.45, 2.75) is 6.42 Å². The number of hydrogen-bond acceptors (Lipinski definition) is 3. The zero-order valence-electron chi connectivity index (χ0n) is 15.8. The third-order valence-electron chi connectivity index (χ3n) is 4.55. The molecule has 4 rings (SSSR count). The van der Waals surface area contributed by atoms with E-state index in [0.717, 1.165) is 40.0 Å². The van der Waals surface area contributed by atoms with E-state index in [1.165, 1.54) is 8.96 Å². The number of rotatable bonds is 7. The lowest BCUT2D eigenvalue weighted by Gasteiger charge is -2.11. The molecule has 0 saturated carbocycles. The number of anilines is 2. The van der Waals surface area contributed by atoms with Crippen molar-refractivity contribution in [3.8, 4) is 5.75 Å². The highest BCUT2D eigenvalue weighted by Crippen LogP contribution is 2.36. The van der Waals surface area contributed by atoms with Gasteiger partial charge < -0.3 is 26.5 Å². The summed E-state index contributed by atoms with van der Waals surface area (Å²) in [4.78, 5) is 7.51. The minimum Gasteiger partial charge on any atom is -0.491 e. The van der Waals surface area contributed by atoms with Gasteiger partial charge in [0.1, 0.15) is 5.75 Å². The number of aromatic nitrogens is 1. The molecular weight excluding hydrogens is 477 g/mol. The van der Waals surface area contributed by atoms with E-state index in [2.05, 4.69) is 62.1 Å². The van der Waals surface area contributed by atoms with Gasteiger partial charge in [-0.15, -0.1) is 0 Å². The molecule has 6 nitrogen and oxygen atoms in total. The Balaban J connectivity index is 1.70. The molecule has 3 aromatic carbocycles. The van der Waals surface area contributed by atoms with Crippen LogP contribution in [0.4, 0.5) is 11.4 Å². The number of fused-ring (bicyclic) bond motifs is 3. The number of nitrogens with two attached hydrogens (primary N) is 2. The van der Waals surface area contributed by atoms with Crippen LogP contribution in [0.2, 0.25) is 0 Å². The molecule has 0 bridgehead atoms. The number of ether oxygens (including phenoxy) is 1. The molecule has 0 aliphatic heterocycles. The molecule has 0 atom stereocenters. The van der Waals surface area contributed by atoms with E-state index in [1.807, 2.05) is 36.4 Å². The predicted molar refractivity (Wildman–Crippen MR) is 129 cm³/mol. The molecule has 0 aliphatic rings. The van der Waals surface area contributed by atoms with Gasteiger partial charge in [0.15, 0.2) is 5.96 Å². The Morgan fingerprint density at radius 1 is 1.00 bits per heavy atom. The third kappa shape index (κ3) is 4.56. The van der Waals surface area contributed by atoms with Crippen LogP contribution in [0.25, 0.3) is 21.8 Å². The molecular formula is C22H22IN5O. The number of H-pyrrole nitrogens is 1. The number of aliphatic imine (C=N–C) groups is 1. The second kappa shape index (κ2) is 8.60. The van der Waals surface area contributed by atoms with Crippen molar-refractivity contribution in [2.75, 3.05) is 18.5 Å². The Labute approximate surface area is 182 Å². The first-order chi connectivity index (χ1) is 14.1. The van der Waals surface area contributed by atoms with Gasteiger partial charge in [-0.05, 0) is 59.0 Å². The maximum Gasteiger partial charge on any atom is 0.185 e. The summed E-state index contributed by atoms with van der Waals surface area (Å²) in [5.74, 6) is 0.906. The van der Waals surface area contributed by atoms with Crippen molar-refractivity contribution in [3.63, 3.8) is 0 Å². The topological polar surface area (TPSA) is 101 Å². The fraction of sp³-hybridized carbons (Fsp3) is 0.136. The van der Waals surface area contributed by atoms with Gasteiger partial charge in [-0.25, -0.2) is 0 Å². The van der Waals surface area contributed by atoms with E-state index < -0.39 is 0 Å². The minimum atomic E-state index is 0.103. The lowest BCUT2D eigenvalue weighted by molar-refractivity contribution is 0.317. The van der Waals surface area contributed by atoms with Crippen molar-refractivity contribution in [2.24, 2.45) is 16.5 Å². The van der Waals surface area contributed by atoms with Crippen LogP contribution < -0.4 is 21.5 Å². The first kappa shape index (κ1) is 19.4. The number of nitrogens with zero attached hydrogens (tertiary/aromatic N) is 1. The van der Waals surface area contributed by atoms with Crippen molar-refractivity contribution < 1.29 is 4.74 Å². The molecule has 0 unspecified atom stereocenters. The summed E-state index contributed by atoms with van der Waals surface area (Å²) in [5.41, 5.74) is 14.8. The highest BCUT2D eigenvalue weighted by atomic mass is 127.